The highest BCUT2D eigenvalue weighted by molar-refractivity contribution is 7.12. The summed E-state index contributed by atoms with van der Waals surface area (Å²) in [6, 6.07) is 20.9. The molecule has 0 unspecified atom stereocenters. The van der Waals surface area contributed by atoms with Crippen molar-refractivity contribution in [1.29, 1.82) is 0 Å². The molecule has 5 rings (SSSR count). The minimum Gasteiger partial charge on any atom is -0.218 e. The molecule has 170 valence electrons. The Hall–Kier alpha value is -3.21. The van der Waals surface area contributed by atoms with E-state index in [0.29, 0.717) is 0 Å². The molecule has 0 bridgehead atoms. The number of halogens is 1. The lowest BCUT2D eigenvalue weighted by atomic mass is 9.98. The Morgan fingerprint density at radius 3 is 1.94 bits per heavy atom. The van der Waals surface area contributed by atoms with Crippen LogP contribution in [0.2, 0.25) is 5.02 Å². The van der Waals surface area contributed by atoms with Crippen LogP contribution in [0.15, 0.2) is 66.0 Å². The molecule has 0 spiro atoms. The fourth-order valence-electron chi connectivity index (χ4n) is 4.14. The van der Waals surface area contributed by atoms with Gasteiger partial charge in [-0.3, -0.25) is 0 Å². The second kappa shape index (κ2) is 8.86. The summed E-state index contributed by atoms with van der Waals surface area (Å²) < 4.78 is 2.01. The van der Waals surface area contributed by atoms with Crippen molar-refractivity contribution in [2.24, 2.45) is 0 Å². The number of aryl methyl sites for hydroxylation is 4. The van der Waals surface area contributed by atoms with Gasteiger partial charge in [-0.05, 0) is 81.1 Å². The van der Waals surface area contributed by atoms with E-state index in [1.165, 1.54) is 22.3 Å². The summed E-state index contributed by atoms with van der Waals surface area (Å²) in [4.78, 5) is 4.96. The Labute approximate surface area is 209 Å². The van der Waals surface area contributed by atoms with E-state index >= 15 is 0 Å². The maximum absolute atomic E-state index is 6.08. The molecule has 0 amide bonds. The first-order valence-corrected chi connectivity index (χ1v) is 12.5. The standard InChI is InChI=1S/C29H26ClN3S/c1-17-6-8-23(14-19(17)3)27-21(5)28(24-9-7-18(2)20(4)15-24)33(32-27)29-31-26(16-34-29)22-10-12-25(30)13-11-22/h6-16H,1-5H3. The quantitative estimate of drug-likeness (QED) is 0.256. The van der Waals surface area contributed by atoms with Crippen molar-refractivity contribution in [1.82, 2.24) is 14.8 Å². The zero-order valence-corrected chi connectivity index (χ0v) is 21.6. The predicted octanol–water partition coefficient (Wildman–Crippen LogP) is 8.53. The highest BCUT2D eigenvalue weighted by Crippen LogP contribution is 2.36. The average molecular weight is 484 g/mol. The summed E-state index contributed by atoms with van der Waals surface area (Å²) >= 11 is 7.68. The number of hydrogen-bond acceptors (Lipinski definition) is 3. The first-order valence-electron chi connectivity index (χ1n) is 11.3. The molecule has 34 heavy (non-hydrogen) atoms. The summed E-state index contributed by atoms with van der Waals surface area (Å²) in [5.74, 6) is 0. The fourth-order valence-corrected chi connectivity index (χ4v) is 5.05. The molecule has 0 radical (unpaired) electrons. The van der Waals surface area contributed by atoms with Crippen molar-refractivity contribution < 1.29 is 0 Å². The normalized spacial score (nSPS) is 11.2. The Morgan fingerprint density at radius 1 is 0.706 bits per heavy atom. The molecule has 2 aromatic heterocycles. The smallest absolute Gasteiger partial charge is 0.211 e. The molecule has 3 nitrogen and oxygen atoms in total. The van der Waals surface area contributed by atoms with Crippen LogP contribution < -0.4 is 0 Å². The van der Waals surface area contributed by atoms with Crippen LogP contribution in [0.5, 0.6) is 0 Å². The Balaban J connectivity index is 1.70. The molecule has 5 aromatic rings. The lowest BCUT2D eigenvalue weighted by Crippen LogP contribution is -2.00. The van der Waals surface area contributed by atoms with Crippen molar-refractivity contribution in [3.8, 4) is 38.9 Å². The topological polar surface area (TPSA) is 30.7 Å². The van der Waals surface area contributed by atoms with Gasteiger partial charge in [-0.25, -0.2) is 9.67 Å². The second-order valence-corrected chi connectivity index (χ2v) is 10.1. The van der Waals surface area contributed by atoms with Gasteiger partial charge in [0.15, 0.2) is 0 Å². The summed E-state index contributed by atoms with van der Waals surface area (Å²) in [6.07, 6.45) is 0. The van der Waals surface area contributed by atoms with Gasteiger partial charge in [-0.15, -0.1) is 11.3 Å². The minimum absolute atomic E-state index is 0.719. The lowest BCUT2D eigenvalue weighted by Gasteiger charge is -2.09. The molecule has 0 aliphatic heterocycles. The van der Waals surface area contributed by atoms with E-state index in [2.05, 4.69) is 76.4 Å². The molecule has 0 aliphatic carbocycles. The summed E-state index contributed by atoms with van der Waals surface area (Å²) in [6.45, 7) is 10.7. The number of rotatable bonds is 4. The summed E-state index contributed by atoms with van der Waals surface area (Å²) in [5.41, 5.74) is 12.5. The fraction of sp³-hybridized carbons (Fsp3) is 0.172. The molecule has 0 N–H and O–H groups in total. The third-order valence-electron chi connectivity index (χ3n) is 6.50. The van der Waals surface area contributed by atoms with Crippen molar-refractivity contribution in [2.75, 3.05) is 0 Å². The third kappa shape index (κ3) is 4.08. The van der Waals surface area contributed by atoms with E-state index < -0.39 is 0 Å². The van der Waals surface area contributed by atoms with Crippen LogP contribution in [-0.4, -0.2) is 14.8 Å². The van der Waals surface area contributed by atoms with Crippen molar-refractivity contribution in [2.45, 2.75) is 34.6 Å². The third-order valence-corrected chi connectivity index (χ3v) is 7.56. The first-order chi connectivity index (χ1) is 16.3. The van der Waals surface area contributed by atoms with Gasteiger partial charge in [-0.2, -0.15) is 5.10 Å². The van der Waals surface area contributed by atoms with E-state index in [1.807, 2.05) is 28.9 Å². The highest BCUT2D eigenvalue weighted by Gasteiger charge is 2.21. The molecule has 3 aromatic carbocycles. The van der Waals surface area contributed by atoms with Gasteiger partial charge >= 0.3 is 0 Å². The highest BCUT2D eigenvalue weighted by atomic mass is 35.5. The Kier molecular flexibility index (Phi) is 5.88. The average Bonchev–Trinajstić information content (AvgIpc) is 3.43. The van der Waals surface area contributed by atoms with E-state index in [1.54, 1.807) is 11.3 Å². The number of nitrogens with zero attached hydrogens (tertiary/aromatic N) is 3. The number of thiazole rings is 1. The zero-order chi connectivity index (χ0) is 24.0. The van der Waals surface area contributed by atoms with Gasteiger partial charge in [0.1, 0.15) is 0 Å². The van der Waals surface area contributed by atoms with Gasteiger partial charge in [0.05, 0.1) is 17.1 Å². The maximum Gasteiger partial charge on any atom is 0.211 e. The molecule has 0 aliphatic rings. The van der Waals surface area contributed by atoms with Crippen LogP contribution in [0, 0.1) is 34.6 Å². The van der Waals surface area contributed by atoms with Crippen LogP contribution in [0.1, 0.15) is 27.8 Å². The van der Waals surface area contributed by atoms with E-state index in [0.717, 1.165) is 49.5 Å². The number of aromatic nitrogens is 3. The largest absolute Gasteiger partial charge is 0.218 e. The zero-order valence-electron chi connectivity index (χ0n) is 20.0. The van der Waals surface area contributed by atoms with E-state index in [-0.39, 0.29) is 0 Å². The number of hydrogen-bond donors (Lipinski definition) is 0. The first kappa shape index (κ1) is 22.6. The molecule has 0 saturated carbocycles. The van der Waals surface area contributed by atoms with Gasteiger partial charge in [-0.1, -0.05) is 48.0 Å². The Bertz CT molecular complexity index is 1510. The van der Waals surface area contributed by atoms with Crippen LogP contribution in [0.3, 0.4) is 0 Å². The van der Waals surface area contributed by atoms with Crippen molar-refractivity contribution >= 4 is 22.9 Å². The molecule has 0 atom stereocenters. The molecule has 2 heterocycles. The van der Waals surface area contributed by atoms with Crippen LogP contribution in [-0.2, 0) is 0 Å². The van der Waals surface area contributed by atoms with Crippen LogP contribution in [0.25, 0.3) is 38.9 Å². The summed E-state index contributed by atoms with van der Waals surface area (Å²) in [5, 5.41) is 8.76. The predicted molar refractivity (Wildman–Crippen MR) is 144 cm³/mol. The van der Waals surface area contributed by atoms with Gasteiger partial charge in [0.2, 0.25) is 5.13 Å². The van der Waals surface area contributed by atoms with E-state index in [9.17, 15) is 0 Å². The van der Waals surface area contributed by atoms with E-state index in [4.69, 9.17) is 21.7 Å². The monoisotopic (exact) mass is 483 g/mol. The maximum atomic E-state index is 6.08. The van der Waals surface area contributed by atoms with Gasteiger partial charge < -0.3 is 0 Å². The van der Waals surface area contributed by atoms with Crippen LogP contribution in [0.4, 0.5) is 0 Å². The van der Waals surface area contributed by atoms with Crippen molar-refractivity contribution in [3.05, 3.63) is 98.9 Å². The van der Waals surface area contributed by atoms with Gasteiger partial charge in [0, 0.05) is 32.7 Å². The second-order valence-electron chi connectivity index (χ2n) is 8.85. The molecule has 0 saturated heterocycles. The minimum atomic E-state index is 0.719. The SMILES string of the molecule is Cc1ccc(-c2nn(-c3nc(-c4ccc(Cl)cc4)cs3)c(-c3ccc(C)c(C)c3)c2C)cc1C. The summed E-state index contributed by atoms with van der Waals surface area (Å²) in [7, 11) is 0. The van der Waals surface area contributed by atoms with Crippen LogP contribution >= 0.6 is 22.9 Å². The Morgan fingerprint density at radius 2 is 1.29 bits per heavy atom. The molecule has 0 fully saturated rings. The molecular formula is C29H26ClN3S. The van der Waals surface area contributed by atoms with Gasteiger partial charge in [0.25, 0.3) is 0 Å². The molecule has 5 heteroatoms. The lowest BCUT2D eigenvalue weighted by molar-refractivity contribution is 0.881. The molecular weight excluding hydrogens is 458 g/mol. The van der Waals surface area contributed by atoms with Crippen molar-refractivity contribution in [3.63, 3.8) is 0 Å². The number of benzene rings is 3.